The van der Waals surface area contributed by atoms with Crippen LogP contribution >= 0.6 is 23.1 Å². The smallest absolute Gasteiger partial charge is 0.322 e. The number of hydrogen-bond acceptors (Lipinski definition) is 6. The van der Waals surface area contributed by atoms with E-state index in [0.717, 1.165) is 23.6 Å². The SMILES string of the molecule is CCc1nc(CSCCC(N)C(=O)OC)cs1. The van der Waals surface area contributed by atoms with Crippen molar-refractivity contribution in [2.45, 2.75) is 31.6 Å². The van der Waals surface area contributed by atoms with Gasteiger partial charge in [0, 0.05) is 11.1 Å². The summed E-state index contributed by atoms with van der Waals surface area (Å²) in [5.74, 6) is 1.38. The van der Waals surface area contributed by atoms with Crippen molar-refractivity contribution >= 4 is 29.1 Å². The standard InChI is InChI=1S/C11H18N2O2S2/c1-3-10-13-8(7-17-10)6-16-5-4-9(12)11(14)15-2/h7,9H,3-6,12H2,1-2H3. The van der Waals surface area contributed by atoms with Crippen LogP contribution in [0.25, 0.3) is 0 Å². The Labute approximate surface area is 110 Å². The van der Waals surface area contributed by atoms with E-state index in [-0.39, 0.29) is 5.97 Å². The van der Waals surface area contributed by atoms with Crippen molar-refractivity contribution in [2.75, 3.05) is 12.9 Å². The monoisotopic (exact) mass is 274 g/mol. The predicted octanol–water partition coefficient (Wildman–Crippen LogP) is 1.83. The molecule has 1 aromatic heterocycles. The van der Waals surface area contributed by atoms with Crippen LogP contribution in [-0.2, 0) is 21.7 Å². The molecule has 4 nitrogen and oxygen atoms in total. The topological polar surface area (TPSA) is 65.2 Å². The molecule has 0 amide bonds. The number of methoxy groups -OCH3 is 1. The predicted molar refractivity (Wildman–Crippen MR) is 72.3 cm³/mol. The summed E-state index contributed by atoms with van der Waals surface area (Å²) < 4.78 is 4.56. The van der Waals surface area contributed by atoms with Gasteiger partial charge in [-0.2, -0.15) is 11.8 Å². The Morgan fingerprint density at radius 1 is 1.71 bits per heavy atom. The molecule has 1 unspecified atom stereocenters. The van der Waals surface area contributed by atoms with Gasteiger partial charge in [0.1, 0.15) is 6.04 Å². The van der Waals surface area contributed by atoms with Crippen LogP contribution in [0.15, 0.2) is 5.38 Å². The lowest BCUT2D eigenvalue weighted by Crippen LogP contribution is -2.31. The molecular weight excluding hydrogens is 256 g/mol. The van der Waals surface area contributed by atoms with E-state index in [9.17, 15) is 4.79 Å². The summed E-state index contributed by atoms with van der Waals surface area (Å²) in [4.78, 5) is 15.5. The molecule has 0 spiro atoms. The normalized spacial score (nSPS) is 12.4. The van der Waals surface area contributed by atoms with Gasteiger partial charge in [-0.15, -0.1) is 11.3 Å². The van der Waals surface area contributed by atoms with Crippen LogP contribution in [0, 0.1) is 0 Å². The summed E-state index contributed by atoms with van der Waals surface area (Å²) >= 11 is 3.44. The average molecular weight is 274 g/mol. The lowest BCUT2D eigenvalue weighted by atomic mass is 10.2. The first-order chi connectivity index (χ1) is 8.17. The number of rotatable bonds is 7. The molecule has 2 N–H and O–H groups in total. The van der Waals surface area contributed by atoms with Crippen molar-refractivity contribution in [3.05, 3.63) is 16.1 Å². The maximum absolute atomic E-state index is 11.1. The first-order valence-corrected chi connectivity index (χ1v) is 7.55. The molecule has 1 heterocycles. The second-order valence-corrected chi connectivity index (χ2v) is 5.60. The molecule has 0 aliphatic heterocycles. The van der Waals surface area contributed by atoms with Gasteiger partial charge in [0.25, 0.3) is 0 Å². The largest absolute Gasteiger partial charge is 0.468 e. The molecule has 0 saturated carbocycles. The third-order valence-electron chi connectivity index (χ3n) is 2.23. The van der Waals surface area contributed by atoms with Gasteiger partial charge < -0.3 is 10.5 Å². The number of thioether (sulfide) groups is 1. The third-order valence-corrected chi connectivity index (χ3v) is 4.30. The van der Waals surface area contributed by atoms with Crippen LogP contribution in [0.3, 0.4) is 0 Å². The highest BCUT2D eigenvalue weighted by Crippen LogP contribution is 2.17. The Hall–Kier alpha value is -0.590. The summed E-state index contributed by atoms with van der Waals surface area (Å²) in [5, 5.41) is 3.26. The molecule has 1 aromatic rings. The van der Waals surface area contributed by atoms with Gasteiger partial charge >= 0.3 is 5.97 Å². The summed E-state index contributed by atoms with van der Waals surface area (Å²) in [5.41, 5.74) is 6.75. The molecule has 0 aromatic carbocycles. The van der Waals surface area contributed by atoms with Gasteiger partial charge in [-0.25, -0.2) is 4.98 Å². The number of nitrogens with zero attached hydrogens (tertiary/aromatic N) is 1. The van der Waals surface area contributed by atoms with Gasteiger partial charge in [-0.1, -0.05) is 6.92 Å². The van der Waals surface area contributed by atoms with E-state index in [4.69, 9.17) is 5.73 Å². The first-order valence-electron chi connectivity index (χ1n) is 5.51. The van der Waals surface area contributed by atoms with Crippen molar-refractivity contribution in [1.29, 1.82) is 0 Å². The number of thiazole rings is 1. The van der Waals surface area contributed by atoms with E-state index >= 15 is 0 Å². The van der Waals surface area contributed by atoms with Crippen LogP contribution in [0.1, 0.15) is 24.0 Å². The maximum Gasteiger partial charge on any atom is 0.322 e. The minimum atomic E-state index is -0.505. The Morgan fingerprint density at radius 2 is 2.47 bits per heavy atom. The van der Waals surface area contributed by atoms with Gasteiger partial charge in [-0.05, 0) is 18.6 Å². The van der Waals surface area contributed by atoms with E-state index in [1.807, 2.05) is 0 Å². The van der Waals surface area contributed by atoms with Crippen molar-refractivity contribution < 1.29 is 9.53 Å². The van der Waals surface area contributed by atoms with E-state index in [0.29, 0.717) is 6.42 Å². The van der Waals surface area contributed by atoms with Crippen molar-refractivity contribution in [2.24, 2.45) is 5.73 Å². The first kappa shape index (κ1) is 14.5. The molecule has 0 bridgehead atoms. The highest BCUT2D eigenvalue weighted by atomic mass is 32.2. The molecule has 1 atom stereocenters. The van der Waals surface area contributed by atoms with Crippen molar-refractivity contribution in [3.8, 4) is 0 Å². The van der Waals surface area contributed by atoms with E-state index in [1.54, 1.807) is 23.1 Å². The Balaban J connectivity index is 2.17. The fourth-order valence-electron chi connectivity index (χ4n) is 1.23. The fourth-order valence-corrected chi connectivity index (χ4v) is 3.01. The van der Waals surface area contributed by atoms with E-state index < -0.39 is 6.04 Å². The molecule has 17 heavy (non-hydrogen) atoms. The van der Waals surface area contributed by atoms with Crippen molar-refractivity contribution in [1.82, 2.24) is 4.98 Å². The quantitative estimate of drug-likeness (QED) is 0.607. The average Bonchev–Trinajstić information content (AvgIpc) is 2.81. The molecule has 0 saturated heterocycles. The van der Waals surface area contributed by atoms with Crippen molar-refractivity contribution in [3.63, 3.8) is 0 Å². The second kappa shape index (κ2) is 7.68. The maximum atomic E-state index is 11.1. The number of carbonyl (C=O) groups is 1. The number of hydrogen-bond donors (Lipinski definition) is 1. The number of aromatic nitrogens is 1. The van der Waals surface area contributed by atoms with Gasteiger partial charge in [0.05, 0.1) is 17.8 Å². The summed E-state index contributed by atoms with van der Waals surface area (Å²) in [6, 6.07) is -0.505. The molecule has 0 fully saturated rings. The Bertz CT molecular complexity index is 355. The number of esters is 1. The number of aryl methyl sites for hydroxylation is 1. The summed E-state index contributed by atoms with van der Waals surface area (Å²) in [6.07, 6.45) is 1.63. The third kappa shape index (κ3) is 5.06. The molecule has 0 aliphatic rings. The number of ether oxygens (including phenoxy) is 1. The zero-order chi connectivity index (χ0) is 12.7. The number of nitrogens with two attached hydrogens (primary N) is 1. The van der Waals surface area contributed by atoms with Crippen LogP contribution in [0.5, 0.6) is 0 Å². The molecule has 0 aliphatic carbocycles. The second-order valence-electron chi connectivity index (χ2n) is 3.56. The summed E-state index contributed by atoms with van der Waals surface area (Å²) in [6.45, 7) is 2.10. The fraction of sp³-hybridized carbons (Fsp3) is 0.636. The highest BCUT2D eigenvalue weighted by molar-refractivity contribution is 7.98. The lowest BCUT2D eigenvalue weighted by Gasteiger charge is -2.07. The van der Waals surface area contributed by atoms with Crippen LogP contribution < -0.4 is 5.73 Å². The molecule has 6 heteroatoms. The van der Waals surface area contributed by atoms with E-state index in [1.165, 1.54) is 12.1 Å². The van der Waals surface area contributed by atoms with Crippen LogP contribution in [-0.4, -0.2) is 29.9 Å². The van der Waals surface area contributed by atoms with E-state index in [2.05, 4.69) is 22.0 Å². The summed E-state index contributed by atoms with van der Waals surface area (Å²) in [7, 11) is 1.36. The van der Waals surface area contributed by atoms with Crippen LogP contribution in [0.4, 0.5) is 0 Å². The molecular formula is C11H18N2O2S2. The molecule has 1 rings (SSSR count). The zero-order valence-corrected chi connectivity index (χ0v) is 11.8. The van der Waals surface area contributed by atoms with Crippen LogP contribution in [0.2, 0.25) is 0 Å². The molecule has 0 radical (unpaired) electrons. The minimum absolute atomic E-state index is 0.340. The number of carbonyl (C=O) groups excluding carboxylic acids is 1. The minimum Gasteiger partial charge on any atom is -0.468 e. The zero-order valence-electron chi connectivity index (χ0n) is 10.1. The van der Waals surface area contributed by atoms with Gasteiger partial charge in [0.2, 0.25) is 0 Å². The molecule has 96 valence electrons. The van der Waals surface area contributed by atoms with Gasteiger partial charge in [0.15, 0.2) is 0 Å². The Kier molecular flexibility index (Phi) is 6.54. The Morgan fingerprint density at radius 3 is 3.06 bits per heavy atom. The lowest BCUT2D eigenvalue weighted by molar-refractivity contribution is -0.142. The van der Waals surface area contributed by atoms with Gasteiger partial charge in [-0.3, -0.25) is 4.79 Å². The highest BCUT2D eigenvalue weighted by Gasteiger charge is 2.12.